The van der Waals surface area contributed by atoms with E-state index in [2.05, 4.69) is 4.90 Å². The number of aliphatic carboxylic acids is 1. The Morgan fingerprint density at radius 1 is 1.35 bits per heavy atom. The molecule has 20 heavy (non-hydrogen) atoms. The third kappa shape index (κ3) is 2.88. The van der Waals surface area contributed by atoms with E-state index in [-0.39, 0.29) is 6.04 Å². The maximum atomic E-state index is 11.5. The second kappa shape index (κ2) is 5.71. The van der Waals surface area contributed by atoms with E-state index < -0.39 is 11.9 Å². The Morgan fingerprint density at radius 3 is 2.60 bits per heavy atom. The first-order valence-corrected chi connectivity index (χ1v) is 6.83. The molecular weight excluding hydrogens is 280 g/mol. The molecule has 2 rings (SSSR count). The Hall–Kier alpha value is -1.75. The minimum absolute atomic E-state index is 0.0626. The van der Waals surface area contributed by atoms with Crippen molar-refractivity contribution in [1.29, 1.82) is 0 Å². The minimum atomic E-state index is -1.40. The van der Waals surface area contributed by atoms with Crippen molar-refractivity contribution >= 4 is 29.2 Å². The standard InChI is InChI=1S/C14H17ClN2O3/c1-9-7-11(3-4-12(9)15)17-6-5-16(8-10(17)2)13(18)14(19)20/h3-4,7,10H,5-6,8H2,1-2H3,(H,19,20)/t10-/m1/s1. The second-order valence-electron chi connectivity index (χ2n) is 5.03. The van der Waals surface area contributed by atoms with Crippen molar-refractivity contribution in [2.75, 3.05) is 24.5 Å². The maximum Gasteiger partial charge on any atom is 0.394 e. The molecule has 1 amide bonds. The molecule has 108 valence electrons. The molecule has 1 aromatic rings. The van der Waals surface area contributed by atoms with Crippen LogP contribution < -0.4 is 4.90 Å². The second-order valence-corrected chi connectivity index (χ2v) is 5.44. The van der Waals surface area contributed by atoms with E-state index in [1.54, 1.807) is 0 Å². The summed E-state index contributed by atoms with van der Waals surface area (Å²) in [5.74, 6) is -2.23. The Morgan fingerprint density at radius 2 is 2.05 bits per heavy atom. The molecule has 1 N–H and O–H groups in total. The van der Waals surface area contributed by atoms with Gasteiger partial charge in [-0.25, -0.2) is 4.79 Å². The van der Waals surface area contributed by atoms with Gasteiger partial charge in [-0.3, -0.25) is 4.79 Å². The number of carbonyl (C=O) groups excluding carboxylic acids is 1. The molecule has 1 fully saturated rings. The molecule has 0 aromatic heterocycles. The van der Waals surface area contributed by atoms with Crippen LogP contribution in [0.15, 0.2) is 18.2 Å². The first-order valence-electron chi connectivity index (χ1n) is 6.45. The number of amides is 1. The lowest BCUT2D eigenvalue weighted by Gasteiger charge is -2.40. The average Bonchev–Trinajstić information content (AvgIpc) is 2.41. The topological polar surface area (TPSA) is 60.9 Å². The van der Waals surface area contributed by atoms with Crippen molar-refractivity contribution in [3.05, 3.63) is 28.8 Å². The van der Waals surface area contributed by atoms with E-state index in [9.17, 15) is 9.59 Å². The Kier molecular flexibility index (Phi) is 4.18. The molecule has 0 aliphatic carbocycles. The van der Waals surface area contributed by atoms with Gasteiger partial charge in [0.05, 0.1) is 0 Å². The van der Waals surface area contributed by atoms with Gasteiger partial charge in [0.1, 0.15) is 0 Å². The lowest BCUT2D eigenvalue weighted by Crippen LogP contribution is -2.55. The lowest BCUT2D eigenvalue weighted by atomic mass is 10.1. The maximum absolute atomic E-state index is 11.5. The molecule has 1 heterocycles. The Labute approximate surface area is 122 Å². The molecular formula is C14H17ClN2O3. The van der Waals surface area contributed by atoms with Gasteiger partial charge in [0, 0.05) is 36.4 Å². The molecule has 0 radical (unpaired) electrons. The van der Waals surface area contributed by atoms with Gasteiger partial charge in [-0.05, 0) is 37.6 Å². The van der Waals surface area contributed by atoms with Crippen molar-refractivity contribution in [3.63, 3.8) is 0 Å². The van der Waals surface area contributed by atoms with Crippen LogP contribution >= 0.6 is 11.6 Å². The van der Waals surface area contributed by atoms with Gasteiger partial charge in [0.15, 0.2) is 0 Å². The third-order valence-electron chi connectivity index (χ3n) is 3.57. The quantitative estimate of drug-likeness (QED) is 0.802. The summed E-state index contributed by atoms with van der Waals surface area (Å²) in [4.78, 5) is 25.7. The fourth-order valence-electron chi connectivity index (χ4n) is 2.47. The number of nitrogens with zero attached hydrogens (tertiary/aromatic N) is 2. The number of benzene rings is 1. The van der Waals surface area contributed by atoms with Crippen LogP contribution in [0.2, 0.25) is 5.02 Å². The number of hydrogen-bond donors (Lipinski definition) is 1. The summed E-state index contributed by atoms with van der Waals surface area (Å²) in [6.45, 7) is 5.36. The molecule has 0 bridgehead atoms. The van der Waals surface area contributed by atoms with Gasteiger partial charge >= 0.3 is 11.9 Å². The molecule has 6 heteroatoms. The predicted molar refractivity (Wildman–Crippen MR) is 77.2 cm³/mol. The summed E-state index contributed by atoms with van der Waals surface area (Å²) < 4.78 is 0. The highest BCUT2D eigenvalue weighted by atomic mass is 35.5. The number of anilines is 1. The average molecular weight is 297 g/mol. The van der Waals surface area contributed by atoms with Crippen molar-refractivity contribution in [2.24, 2.45) is 0 Å². The fourth-order valence-corrected chi connectivity index (χ4v) is 2.59. The minimum Gasteiger partial charge on any atom is -0.474 e. The smallest absolute Gasteiger partial charge is 0.394 e. The van der Waals surface area contributed by atoms with Gasteiger partial charge in [-0.1, -0.05) is 11.6 Å². The Balaban J connectivity index is 2.12. The largest absolute Gasteiger partial charge is 0.474 e. The van der Waals surface area contributed by atoms with Crippen molar-refractivity contribution in [1.82, 2.24) is 4.90 Å². The van der Waals surface area contributed by atoms with E-state index in [1.165, 1.54) is 4.90 Å². The number of aryl methyl sites for hydroxylation is 1. The number of rotatable bonds is 1. The van der Waals surface area contributed by atoms with E-state index in [0.29, 0.717) is 19.6 Å². The first-order chi connectivity index (χ1) is 9.40. The molecule has 0 unspecified atom stereocenters. The number of carboxylic acids is 1. The summed E-state index contributed by atoms with van der Waals surface area (Å²) in [5.41, 5.74) is 2.04. The highest BCUT2D eigenvalue weighted by Gasteiger charge is 2.29. The van der Waals surface area contributed by atoms with Crippen LogP contribution in [-0.4, -0.2) is 47.6 Å². The zero-order chi connectivity index (χ0) is 14.9. The number of carbonyl (C=O) groups is 2. The molecule has 1 saturated heterocycles. The normalized spacial score (nSPS) is 19.1. The van der Waals surface area contributed by atoms with Crippen LogP contribution in [0.5, 0.6) is 0 Å². The lowest BCUT2D eigenvalue weighted by molar-refractivity contribution is -0.156. The highest BCUT2D eigenvalue weighted by molar-refractivity contribution is 6.31. The van der Waals surface area contributed by atoms with Gasteiger partial charge in [0.2, 0.25) is 0 Å². The van der Waals surface area contributed by atoms with Crippen molar-refractivity contribution in [3.8, 4) is 0 Å². The van der Waals surface area contributed by atoms with Gasteiger partial charge in [0.25, 0.3) is 0 Å². The first kappa shape index (κ1) is 14.7. The molecule has 0 saturated carbocycles. The third-order valence-corrected chi connectivity index (χ3v) is 3.99. The molecule has 1 atom stereocenters. The molecule has 1 aromatic carbocycles. The summed E-state index contributed by atoms with van der Waals surface area (Å²) in [7, 11) is 0. The summed E-state index contributed by atoms with van der Waals surface area (Å²) in [5, 5.41) is 9.47. The van der Waals surface area contributed by atoms with Crippen LogP contribution in [0, 0.1) is 6.92 Å². The van der Waals surface area contributed by atoms with E-state index in [4.69, 9.17) is 16.7 Å². The molecule has 0 spiro atoms. The predicted octanol–water partition coefficient (Wildman–Crippen LogP) is 1.77. The molecule has 1 aliphatic rings. The Bertz CT molecular complexity index is 547. The van der Waals surface area contributed by atoms with E-state index >= 15 is 0 Å². The number of halogens is 1. The van der Waals surface area contributed by atoms with E-state index in [0.717, 1.165) is 16.3 Å². The molecule has 1 aliphatic heterocycles. The summed E-state index contributed by atoms with van der Waals surface area (Å²) >= 11 is 6.02. The van der Waals surface area contributed by atoms with Gasteiger partial charge in [-0.15, -0.1) is 0 Å². The van der Waals surface area contributed by atoms with Crippen LogP contribution in [0.3, 0.4) is 0 Å². The number of carboxylic acid groups (broad SMARTS) is 1. The van der Waals surface area contributed by atoms with Crippen LogP contribution in [0.25, 0.3) is 0 Å². The summed E-state index contributed by atoms with van der Waals surface area (Å²) in [6, 6.07) is 5.87. The number of hydrogen-bond acceptors (Lipinski definition) is 3. The number of piperazine rings is 1. The van der Waals surface area contributed by atoms with Crippen molar-refractivity contribution < 1.29 is 14.7 Å². The van der Waals surface area contributed by atoms with Crippen LogP contribution in [-0.2, 0) is 9.59 Å². The SMILES string of the molecule is Cc1cc(N2CCN(C(=O)C(=O)O)C[C@H]2C)ccc1Cl. The summed E-state index contributed by atoms with van der Waals surface area (Å²) in [6.07, 6.45) is 0. The monoisotopic (exact) mass is 296 g/mol. The molecule has 5 nitrogen and oxygen atoms in total. The van der Waals surface area contributed by atoms with Gasteiger partial charge < -0.3 is 14.9 Å². The van der Waals surface area contributed by atoms with Crippen molar-refractivity contribution in [2.45, 2.75) is 19.9 Å². The van der Waals surface area contributed by atoms with Crippen LogP contribution in [0.1, 0.15) is 12.5 Å². The zero-order valence-corrected chi connectivity index (χ0v) is 12.2. The van der Waals surface area contributed by atoms with E-state index in [1.807, 2.05) is 32.0 Å². The highest BCUT2D eigenvalue weighted by Crippen LogP contribution is 2.25. The fraction of sp³-hybridized carbons (Fsp3) is 0.429. The van der Waals surface area contributed by atoms with Gasteiger partial charge in [-0.2, -0.15) is 0 Å². The zero-order valence-electron chi connectivity index (χ0n) is 11.5. The van der Waals surface area contributed by atoms with Crippen LogP contribution in [0.4, 0.5) is 5.69 Å².